The summed E-state index contributed by atoms with van der Waals surface area (Å²) >= 11 is 5.86. The molecule has 1 aromatic carbocycles. The number of amides is 1. The minimum atomic E-state index is 0.0372. The molecule has 0 aromatic heterocycles. The minimum absolute atomic E-state index is 0.0372. The number of hydrogen-bond donors (Lipinski definition) is 2. The van der Waals surface area contributed by atoms with Crippen LogP contribution in [0.2, 0.25) is 5.02 Å². The molecule has 0 heterocycles. The molecule has 1 atom stereocenters. The van der Waals surface area contributed by atoms with Crippen LogP contribution in [-0.2, 0) is 11.2 Å². The number of halogens is 1. The van der Waals surface area contributed by atoms with Crippen molar-refractivity contribution in [2.75, 3.05) is 20.1 Å². The summed E-state index contributed by atoms with van der Waals surface area (Å²) in [6.07, 6.45) is 0.382. The summed E-state index contributed by atoms with van der Waals surface area (Å²) in [6, 6.07) is 7.38. The second kappa shape index (κ2) is 7.30. The Morgan fingerprint density at radius 1 is 1.41 bits per heavy atom. The molecule has 2 N–H and O–H groups in total. The molecule has 0 spiro atoms. The van der Waals surface area contributed by atoms with Gasteiger partial charge in [-0.05, 0) is 37.2 Å². The van der Waals surface area contributed by atoms with Crippen molar-refractivity contribution in [2.45, 2.75) is 13.3 Å². The van der Waals surface area contributed by atoms with Gasteiger partial charge in [0.15, 0.2) is 0 Å². The Hall–Kier alpha value is -1.06. The highest BCUT2D eigenvalue weighted by Crippen LogP contribution is 2.10. The smallest absolute Gasteiger partial charge is 0.224 e. The molecule has 0 aliphatic rings. The number of rotatable bonds is 6. The van der Waals surface area contributed by atoms with E-state index in [1.807, 2.05) is 25.2 Å². The van der Waals surface area contributed by atoms with Gasteiger partial charge in [0.1, 0.15) is 0 Å². The first-order chi connectivity index (χ1) is 8.11. The van der Waals surface area contributed by atoms with Crippen LogP contribution < -0.4 is 10.6 Å². The summed E-state index contributed by atoms with van der Waals surface area (Å²) in [5.74, 6) is 0.471. The molecule has 0 saturated carbocycles. The van der Waals surface area contributed by atoms with Crippen LogP contribution in [0.15, 0.2) is 24.3 Å². The fourth-order valence-electron chi connectivity index (χ4n) is 1.60. The molecule has 1 amide bonds. The maximum absolute atomic E-state index is 11.7. The molecule has 0 saturated heterocycles. The summed E-state index contributed by atoms with van der Waals surface area (Å²) in [7, 11) is 1.91. The Morgan fingerprint density at radius 3 is 2.82 bits per heavy atom. The maximum Gasteiger partial charge on any atom is 0.224 e. The minimum Gasteiger partial charge on any atom is -0.355 e. The Labute approximate surface area is 108 Å². The zero-order valence-corrected chi connectivity index (χ0v) is 11.1. The van der Waals surface area contributed by atoms with E-state index in [1.165, 1.54) is 0 Å². The molecule has 17 heavy (non-hydrogen) atoms. The molecule has 0 radical (unpaired) electrons. The van der Waals surface area contributed by atoms with Gasteiger partial charge in [-0.15, -0.1) is 0 Å². The lowest BCUT2D eigenvalue weighted by molar-refractivity contribution is -0.120. The van der Waals surface area contributed by atoms with Gasteiger partial charge in [-0.1, -0.05) is 30.7 Å². The number of nitrogens with one attached hydrogen (secondary N) is 2. The largest absolute Gasteiger partial charge is 0.355 e. The van der Waals surface area contributed by atoms with Gasteiger partial charge in [0, 0.05) is 11.6 Å². The van der Waals surface area contributed by atoms with Gasteiger partial charge < -0.3 is 10.6 Å². The highest BCUT2D eigenvalue weighted by molar-refractivity contribution is 6.30. The van der Waals surface area contributed by atoms with Gasteiger partial charge in [-0.2, -0.15) is 0 Å². The van der Waals surface area contributed by atoms with Crippen LogP contribution in [0.4, 0.5) is 0 Å². The van der Waals surface area contributed by atoms with Gasteiger partial charge in [-0.25, -0.2) is 0 Å². The van der Waals surface area contributed by atoms with E-state index in [1.54, 1.807) is 6.07 Å². The van der Waals surface area contributed by atoms with Crippen molar-refractivity contribution >= 4 is 17.5 Å². The molecule has 1 aromatic rings. The second-order valence-electron chi connectivity index (χ2n) is 4.27. The van der Waals surface area contributed by atoms with E-state index in [-0.39, 0.29) is 5.91 Å². The lowest BCUT2D eigenvalue weighted by Crippen LogP contribution is -2.33. The highest BCUT2D eigenvalue weighted by Gasteiger charge is 2.06. The van der Waals surface area contributed by atoms with Crippen LogP contribution in [-0.4, -0.2) is 26.0 Å². The lowest BCUT2D eigenvalue weighted by atomic mass is 10.1. The molecular weight excluding hydrogens is 236 g/mol. The SMILES string of the molecule is CNC[C@@H](C)CNC(=O)Cc1cccc(Cl)c1. The number of hydrogen-bond acceptors (Lipinski definition) is 2. The van der Waals surface area contributed by atoms with Crippen LogP contribution in [0.1, 0.15) is 12.5 Å². The zero-order valence-electron chi connectivity index (χ0n) is 10.3. The summed E-state index contributed by atoms with van der Waals surface area (Å²) in [5.41, 5.74) is 0.941. The van der Waals surface area contributed by atoms with Gasteiger partial charge in [0.05, 0.1) is 6.42 Å². The van der Waals surface area contributed by atoms with Gasteiger partial charge in [-0.3, -0.25) is 4.79 Å². The van der Waals surface area contributed by atoms with Crippen molar-refractivity contribution in [2.24, 2.45) is 5.92 Å². The summed E-state index contributed by atoms with van der Waals surface area (Å²) in [4.78, 5) is 11.7. The Morgan fingerprint density at radius 2 is 2.18 bits per heavy atom. The monoisotopic (exact) mass is 254 g/mol. The Kier molecular flexibility index (Phi) is 6.01. The predicted molar refractivity (Wildman–Crippen MR) is 71.3 cm³/mol. The molecule has 0 unspecified atom stereocenters. The normalized spacial score (nSPS) is 12.2. The third kappa shape index (κ3) is 5.71. The molecule has 0 aliphatic heterocycles. The quantitative estimate of drug-likeness (QED) is 0.814. The predicted octanol–water partition coefficient (Wildman–Crippen LogP) is 1.85. The van der Waals surface area contributed by atoms with Gasteiger partial charge >= 0.3 is 0 Å². The standard InChI is InChI=1S/C13H19ClN2O/c1-10(8-15-2)9-16-13(17)7-11-4-3-5-12(14)6-11/h3-6,10,15H,7-9H2,1-2H3,(H,16,17)/t10-/m1/s1. The molecular formula is C13H19ClN2O. The first kappa shape index (κ1) is 14.0. The van der Waals surface area contributed by atoms with Crippen molar-refractivity contribution in [3.63, 3.8) is 0 Å². The van der Waals surface area contributed by atoms with Crippen LogP contribution >= 0.6 is 11.6 Å². The third-order valence-electron chi connectivity index (χ3n) is 2.45. The second-order valence-corrected chi connectivity index (χ2v) is 4.71. The maximum atomic E-state index is 11.7. The highest BCUT2D eigenvalue weighted by atomic mass is 35.5. The molecule has 4 heteroatoms. The number of benzene rings is 1. The summed E-state index contributed by atoms with van der Waals surface area (Å²) in [5, 5.41) is 6.66. The topological polar surface area (TPSA) is 41.1 Å². The van der Waals surface area contributed by atoms with Crippen molar-refractivity contribution < 1.29 is 4.79 Å². The van der Waals surface area contributed by atoms with E-state index in [9.17, 15) is 4.79 Å². The first-order valence-corrected chi connectivity index (χ1v) is 6.15. The molecule has 1 rings (SSSR count). The number of carbonyl (C=O) groups is 1. The van der Waals surface area contributed by atoms with Crippen molar-refractivity contribution in [1.29, 1.82) is 0 Å². The summed E-state index contributed by atoms with van der Waals surface area (Å²) < 4.78 is 0. The molecule has 0 fully saturated rings. The van der Waals surface area contributed by atoms with Crippen molar-refractivity contribution in [3.05, 3.63) is 34.9 Å². The fraction of sp³-hybridized carbons (Fsp3) is 0.462. The molecule has 3 nitrogen and oxygen atoms in total. The van der Waals surface area contributed by atoms with Crippen LogP contribution in [0.5, 0.6) is 0 Å². The molecule has 94 valence electrons. The van der Waals surface area contributed by atoms with Crippen LogP contribution in [0.25, 0.3) is 0 Å². The van der Waals surface area contributed by atoms with Crippen molar-refractivity contribution in [1.82, 2.24) is 10.6 Å². The number of carbonyl (C=O) groups excluding carboxylic acids is 1. The van der Waals surface area contributed by atoms with Crippen LogP contribution in [0, 0.1) is 5.92 Å². The third-order valence-corrected chi connectivity index (χ3v) is 2.69. The first-order valence-electron chi connectivity index (χ1n) is 5.77. The van der Waals surface area contributed by atoms with E-state index in [4.69, 9.17) is 11.6 Å². The van der Waals surface area contributed by atoms with Gasteiger partial charge in [0.2, 0.25) is 5.91 Å². The van der Waals surface area contributed by atoms with Crippen LogP contribution in [0.3, 0.4) is 0 Å². The Bertz CT molecular complexity index is 368. The molecule has 0 bridgehead atoms. The van der Waals surface area contributed by atoms with Crippen molar-refractivity contribution in [3.8, 4) is 0 Å². The lowest BCUT2D eigenvalue weighted by Gasteiger charge is -2.11. The van der Waals surface area contributed by atoms with E-state index < -0.39 is 0 Å². The Balaban J connectivity index is 2.34. The van der Waals surface area contributed by atoms with E-state index in [2.05, 4.69) is 17.6 Å². The molecule has 0 aliphatic carbocycles. The average Bonchev–Trinajstić information content (AvgIpc) is 2.27. The van der Waals surface area contributed by atoms with E-state index >= 15 is 0 Å². The summed E-state index contributed by atoms with van der Waals surface area (Å²) in [6.45, 7) is 3.69. The van der Waals surface area contributed by atoms with E-state index in [0.717, 1.165) is 12.1 Å². The van der Waals surface area contributed by atoms with E-state index in [0.29, 0.717) is 23.9 Å². The fourth-order valence-corrected chi connectivity index (χ4v) is 1.82. The average molecular weight is 255 g/mol. The van der Waals surface area contributed by atoms with Gasteiger partial charge in [0.25, 0.3) is 0 Å². The zero-order chi connectivity index (χ0) is 12.7.